The second kappa shape index (κ2) is 11.1. The van der Waals surface area contributed by atoms with Crippen LogP contribution in [0.1, 0.15) is 25.3 Å². The van der Waals surface area contributed by atoms with Gasteiger partial charge in [0, 0.05) is 19.8 Å². The van der Waals surface area contributed by atoms with E-state index in [0.29, 0.717) is 43.6 Å². The highest BCUT2D eigenvalue weighted by molar-refractivity contribution is 5.85. The second-order valence-electron chi connectivity index (χ2n) is 5.96. The summed E-state index contributed by atoms with van der Waals surface area (Å²) in [4.78, 5) is 12.3. The van der Waals surface area contributed by atoms with Crippen molar-refractivity contribution in [3.8, 4) is 17.2 Å². The number of carbonyl (C=O) groups excluding carboxylic acids is 1. The zero-order valence-corrected chi connectivity index (χ0v) is 16.4. The maximum absolute atomic E-state index is 12.3. The topological polar surface area (TPSA) is 92.0 Å². The predicted molar refractivity (Wildman–Crippen MR) is 101 cm³/mol. The summed E-state index contributed by atoms with van der Waals surface area (Å²) in [6.45, 7) is 4.07. The molecule has 1 aliphatic rings. The van der Waals surface area contributed by atoms with E-state index in [4.69, 9.17) is 24.7 Å². The maximum Gasteiger partial charge on any atom is 0.237 e. The van der Waals surface area contributed by atoms with Crippen LogP contribution in [0, 0.1) is 5.92 Å². The van der Waals surface area contributed by atoms with Crippen LogP contribution in [-0.2, 0) is 16.1 Å². The normalized spacial score (nSPS) is 15.5. The van der Waals surface area contributed by atoms with Gasteiger partial charge in [0.05, 0.1) is 26.9 Å². The molecule has 1 aromatic carbocycles. The Morgan fingerprint density at radius 2 is 1.85 bits per heavy atom. The zero-order chi connectivity index (χ0) is 18.2. The van der Waals surface area contributed by atoms with E-state index < -0.39 is 6.04 Å². The number of hydrogen-bond acceptors (Lipinski definition) is 6. The van der Waals surface area contributed by atoms with Gasteiger partial charge in [0.2, 0.25) is 11.7 Å². The lowest BCUT2D eigenvalue weighted by atomic mass is 9.92. The molecule has 26 heavy (non-hydrogen) atoms. The monoisotopic (exact) mass is 388 g/mol. The number of hydrogen-bond donors (Lipinski definition) is 2. The van der Waals surface area contributed by atoms with E-state index in [2.05, 4.69) is 5.32 Å². The van der Waals surface area contributed by atoms with Crippen LogP contribution in [0.2, 0.25) is 0 Å². The van der Waals surface area contributed by atoms with Gasteiger partial charge in [0.25, 0.3) is 0 Å². The Balaban J connectivity index is 0.00000338. The third-order valence-electron chi connectivity index (χ3n) is 4.35. The molecule has 1 aromatic rings. The molecule has 0 saturated carbocycles. The number of rotatable bonds is 8. The number of ether oxygens (including phenoxy) is 4. The van der Waals surface area contributed by atoms with Crippen molar-refractivity contribution in [2.75, 3.05) is 34.0 Å². The average molecular weight is 389 g/mol. The number of nitrogens with one attached hydrogen (secondary N) is 1. The highest BCUT2D eigenvalue weighted by Gasteiger charge is 2.26. The first kappa shape index (κ1) is 22.3. The lowest BCUT2D eigenvalue weighted by Gasteiger charge is -2.26. The van der Waals surface area contributed by atoms with Gasteiger partial charge in [-0.1, -0.05) is 0 Å². The van der Waals surface area contributed by atoms with Crippen LogP contribution in [0.4, 0.5) is 0 Å². The largest absolute Gasteiger partial charge is 0.493 e. The maximum atomic E-state index is 12.3. The fraction of sp³-hybridized carbons (Fsp3) is 0.611. The molecule has 1 heterocycles. The van der Waals surface area contributed by atoms with Crippen molar-refractivity contribution >= 4 is 18.3 Å². The van der Waals surface area contributed by atoms with Crippen LogP contribution in [0.15, 0.2) is 12.1 Å². The van der Waals surface area contributed by atoms with E-state index in [1.54, 1.807) is 14.2 Å². The fourth-order valence-corrected chi connectivity index (χ4v) is 2.92. The number of carbonyl (C=O) groups is 1. The van der Waals surface area contributed by atoms with Gasteiger partial charge in [-0.15, -0.1) is 12.4 Å². The molecule has 148 valence electrons. The molecule has 1 amide bonds. The van der Waals surface area contributed by atoms with Crippen molar-refractivity contribution in [3.05, 3.63) is 17.7 Å². The number of nitrogens with two attached hydrogens (primary N) is 1. The first-order valence-electron chi connectivity index (χ1n) is 8.59. The first-order chi connectivity index (χ1) is 12.1. The van der Waals surface area contributed by atoms with Crippen molar-refractivity contribution < 1.29 is 23.7 Å². The minimum absolute atomic E-state index is 0. The SMILES string of the molecule is CCOc1c(OC)cc(CNC(=O)C(N)C2CCOCC2)cc1OC.Cl. The summed E-state index contributed by atoms with van der Waals surface area (Å²) in [5.74, 6) is 1.71. The Bertz CT molecular complexity index is 554. The van der Waals surface area contributed by atoms with Gasteiger partial charge in [-0.2, -0.15) is 0 Å². The van der Waals surface area contributed by atoms with Gasteiger partial charge in [-0.3, -0.25) is 4.79 Å². The zero-order valence-electron chi connectivity index (χ0n) is 15.6. The summed E-state index contributed by atoms with van der Waals surface area (Å²) in [6, 6.07) is 3.14. The number of amides is 1. The Labute approximate surface area is 160 Å². The van der Waals surface area contributed by atoms with Crippen LogP contribution in [-0.4, -0.2) is 46.0 Å². The summed E-state index contributed by atoms with van der Waals surface area (Å²) in [5.41, 5.74) is 6.95. The molecule has 1 unspecified atom stereocenters. The molecule has 0 bridgehead atoms. The summed E-state index contributed by atoms with van der Waals surface area (Å²) >= 11 is 0. The van der Waals surface area contributed by atoms with Crippen molar-refractivity contribution in [3.63, 3.8) is 0 Å². The van der Waals surface area contributed by atoms with E-state index in [9.17, 15) is 4.79 Å². The van der Waals surface area contributed by atoms with Crippen molar-refractivity contribution in [1.82, 2.24) is 5.32 Å². The first-order valence-corrected chi connectivity index (χ1v) is 8.59. The molecular formula is C18H29ClN2O5. The molecule has 8 heteroatoms. The number of benzene rings is 1. The van der Waals surface area contributed by atoms with Crippen LogP contribution < -0.4 is 25.3 Å². The standard InChI is InChI=1S/C18H28N2O5.ClH/c1-4-25-17-14(22-2)9-12(10-15(17)23-3)11-20-18(21)16(19)13-5-7-24-8-6-13;/h9-10,13,16H,4-8,11,19H2,1-3H3,(H,20,21);1H. The third-order valence-corrected chi connectivity index (χ3v) is 4.35. The molecule has 0 radical (unpaired) electrons. The van der Waals surface area contributed by atoms with Gasteiger partial charge in [-0.25, -0.2) is 0 Å². The third kappa shape index (κ3) is 5.65. The smallest absolute Gasteiger partial charge is 0.237 e. The predicted octanol–water partition coefficient (Wildman–Crippen LogP) is 1.89. The molecule has 1 fully saturated rings. The lowest BCUT2D eigenvalue weighted by Crippen LogP contribution is -2.46. The summed E-state index contributed by atoms with van der Waals surface area (Å²) in [6.07, 6.45) is 1.64. The van der Waals surface area contributed by atoms with E-state index in [1.807, 2.05) is 19.1 Å². The van der Waals surface area contributed by atoms with Crippen LogP contribution >= 0.6 is 12.4 Å². The Kier molecular flexibility index (Phi) is 9.54. The van der Waals surface area contributed by atoms with E-state index in [-0.39, 0.29) is 24.2 Å². The Morgan fingerprint density at radius 1 is 1.27 bits per heavy atom. The molecule has 1 aliphatic heterocycles. The van der Waals surface area contributed by atoms with Gasteiger partial charge >= 0.3 is 0 Å². The van der Waals surface area contributed by atoms with E-state index in [0.717, 1.165) is 18.4 Å². The van der Waals surface area contributed by atoms with Crippen LogP contribution in [0.3, 0.4) is 0 Å². The molecule has 0 aliphatic carbocycles. The molecule has 2 rings (SSSR count). The summed E-state index contributed by atoms with van der Waals surface area (Å²) in [5, 5.41) is 2.89. The van der Waals surface area contributed by atoms with E-state index in [1.165, 1.54) is 0 Å². The van der Waals surface area contributed by atoms with Gasteiger partial charge in [0.1, 0.15) is 0 Å². The number of methoxy groups -OCH3 is 2. The minimum Gasteiger partial charge on any atom is -0.493 e. The lowest BCUT2D eigenvalue weighted by molar-refractivity contribution is -0.124. The molecule has 0 spiro atoms. The highest BCUT2D eigenvalue weighted by Crippen LogP contribution is 2.38. The molecular weight excluding hydrogens is 360 g/mol. The fourth-order valence-electron chi connectivity index (χ4n) is 2.92. The van der Waals surface area contributed by atoms with E-state index >= 15 is 0 Å². The molecule has 0 aromatic heterocycles. The van der Waals surface area contributed by atoms with Gasteiger partial charge < -0.3 is 30.0 Å². The van der Waals surface area contributed by atoms with Crippen molar-refractivity contribution in [1.29, 1.82) is 0 Å². The van der Waals surface area contributed by atoms with Crippen molar-refractivity contribution in [2.45, 2.75) is 32.4 Å². The Hall–Kier alpha value is -1.70. The average Bonchev–Trinajstić information content (AvgIpc) is 2.66. The Morgan fingerprint density at radius 3 is 2.35 bits per heavy atom. The van der Waals surface area contributed by atoms with Crippen LogP contribution in [0.5, 0.6) is 17.2 Å². The highest BCUT2D eigenvalue weighted by atomic mass is 35.5. The minimum atomic E-state index is -0.518. The van der Waals surface area contributed by atoms with Gasteiger partial charge in [-0.05, 0) is 43.4 Å². The van der Waals surface area contributed by atoms with Gasteiger partial charge in [0.15, 0.2) is 11.5 Å². The molecule has 1 atom stereocenters. The molecule has 7 nitrogen and oxygen atoms in total. The summed E-state index contributed by atoms with van der Waals surface area (Å²) < 4.78 is 21.6. The van der Waals surface area contributed by atoms with Crippen molar-refractivity contribution in [2.24, 2.45) is 11.7 Å². The summed E-state index contributed by atoms with van der Waals surface area (Å²) in [7, 11) is 3.14. The number of halogens is 1. The molecule has 3 N–H and O–H groups in total. The second-order valence-corrected chi connectivity index (χ2v) is 5.96. The van der Waals surface area contributed by atoms with Crippen LogP contribution in [0.25, 0.3) is 0 Å². The molecule has 1 saturated heterocycles. The quantitative estimate of drug-likeness (QED) is 0.706.